The van der Waals surface area contributed by atoms with E-state index >= 15 is 0 Å². The Labute approximate surface area is 202 Å². The van der Waals surface area contributed by atoms with Crippen LogP contribution < -0.4 is 18.9 Å². The van der Waals surface area contributed by atoms with E-state index in [0.717, 1.165) is 49.3 Å². The Morgan fingerprint density at radius 1 is 0.559 bits per heavy atom. The number of unbranched alkanes of at least 4 members (excludes halogenated alkanes) is 6. The SMILES string of the molecule is CCCCCCOc1ccc(OC(=O)C=CC(=O)Oc2ccc(OCCCCCC)cc2)cc1. The van der Waals surface area contributed by atoms with E-state index in [1.54, 1.807) is 48.5 Å². The van der Waals surface area contributed by atoms with Gasteiger partial charge in [-0.15, -0.1) is 0 Å². The molecule has 0 heterocycles. The fourth-order valence-corrected chi connectivity index (χ4v) is 3.08. The number of rotatable bonds is 16. The second-order valence-electron chi connectivity index (χ2n) is 7.94. The maximum absolute atomic E-state index is 12.0. The van der Waals surface area contributed by atoms with Crippen molar-refractivity contribution >= 4 is 11.9 Å². The molecule has 0 bridgehead atoms. The Morgan fingerprint density at radius 2 is 0.912 bits per heavy atom. The number of carbonyl (C=O) groups is 2. The summed E-state index contributed by atoms with van der Waals surface area (Å²) in [5.41, 5.74) is 0. The monoisotopic (exact) mass is 468 g/mol. The van der Waals surface area contributed by atoms with Gasteiger partial charge >= 0.3 is 11.9 Å². The third kappa shape index (κ3) is 11.5. The van der Waals surface area contributed by atoms with Crippen LogP contribution in [0.2, 0.25) is 0 Å². The molecule has 0 saturated heterocycles. The van der Waals surface area contributed by atoms with Crippen molar-refractivity contribution in [3.05, 3.63) is 60.7 Å². The summed E-state index contributed by atoms with van der Waals surface area (Å²) >= 11 is 0. The summed E-state index contributed by atoms with van der Waals surface area (Å²) in [7, 11) is 0. The van der Waals surface area contributed by atoms with Gasteiger partial charge in [-0.3, -0.25) is 0 Å². The van der Waals surface area contributed by atoms with Crippen LogP contribution in [0.1, 0.15) is 65.2 Å². The average molecular weight is 469 g/mol. The molecule has 0 saturated carbocycles. The number of esters is 2. The van der Waals surface area contributed by atoms with E-state index < -0.39 is 11.9 Å². The molecule has 2 rings (SSSR count). The van der Waals surface area contributed by atoms with Crippen LogP contribution in [0.3, 0.4) is 0 Å². The number of carbonyl (C=O) groups excluding carboxylic acids is 2. The predicted molar refractivity (Wildman–Crippen MR) is 133 cm³/mol. The first kappa shape index (κ1) is 27.0. The lowest BCUT2D eigenvalue weighted by Crippen LogP contribution is -2.08. The van der Waals surface area contributed by atoms with Gasteiger partial charge in [0.25, 0.3) is 0 Å². The minimum atomic E-state index is -0.669. The van der Waals surface area contributed by atoms with Crippen LogP contribution in [0.5, 0.6) is 23.0 Å². The van der Waals surface area contributed by atoms with Crippen molar-refractivity contribution < 1.29 is 28.5 Å². The summed E-state index contributed by atoms with van der Waals surface area (Å²) in [6.07, 6.45) is 11.2. The van der Waals surface area contributed by atoms with E-state index in [1.807, 2.05) is 0 Å². The summed E-state index contributed by atoms with van der Waals surface area (Å²) < 4.78 is 21.7. The van der Waals surface area contributed by atoms with E-state index in [9.17, 15) is 9.59 Å². The van der Waals surface area contributed by atoms with Crippen molar-refractivity contribution in [1.82, 2.24) is 0 Å². The van der Waals surface area contributed by atoms with Crippen LogP contribution in [0, 0.1) is 0 Å². The van der Waals surface area contributed by atoms with Crippen LogP contribution in [0.15, 0.2) is 60.7 Å². The molecule has 2 aromatic carbocycles. The third-order valence-electron chi connectivity index (χ3n) is 4.97. The first-order valence-electron chi connectivity index (χ1n) is 12.2. The Bertz CT molecular complexity index is 797. The topological polar surface area (TPSA) is 71.1 Å². The normalized spacial score (nSPS) is 10.8. The number of benzene rings is 2. The van der Waals surface area contributed by atoms with Gasteiger partial charge in [0.15, 0.2) is 0 Å². The number of ether oxygens (including phenoxy) is 4. The largest absolute Gasteiger partial charge is 0.494 e. The molecule has 0 fully saturated rings. The van der Waals surface area contributed by atoms with Crippen LogP contribution in [-0.4, -0.2) is 25.2 Å². The van der Waals surface area contributed by atoms with Crippen molar-refractivity contribution in [3.8, 4) is 23.0 Å². The first-order valence-corrected chi connectivity index (χ1v) is 12.2. The standard InChI is InChI=1S/C28H36O6/c1-3-5-7-9-21-31-23-11-15-25(16-12-23)33-27(29)19-20-28(30)34-26-17-13-24(14-18-26)32-22-10-8-6-4-2/h11-20H,3-10,21-22H2,1-2H3. The average Bonchev–Trinajstić information content (AvgIpc) is 2.84. The summed E-state index contributed by atoms with van der Waals surface area (Å²) in [4.78, 5) is 23.9. The third-order valence-corrected chi connectivity index (χ3v) is 4.97. The molecule has 0 unspecified atom stereocenters. The molecule has 0 aliphatic rings. The van der Waals surface area contributed by atoms with Gasteiger partial charge in [0.1, 0.15) is 23.0 Å². The molecular weight excluding hydrogens is 432 g/mol. The highest BCUT2D eigenvalue weighted by Gasteiger charge is 2.05. The maximum Gasteiger partial charge on any atom is 0.336 e. The van der Waals surface area contributed by atoms with Crippen LogP contribution in [0.4, 0.5) is 0 Å². The lowest BCUT2D eigenvalue weighted by Gasteiger charge is -2.07. The van der Waals surface area contributed by atoms with Gasteiger partial charge in [-0.1, -0.05) is 52.4 Å². The van der Waals surface area contributed by atoms with E-state index in [4.69, 9.17) is 18.9 Å². The molecular formula is C28H36O6. The predicted octanol–water partition coefficient (Wildman–Crippen LogP) is 6.67. The summed E-state index contributed by atoms with van der Waals surface area (Å²) in [5.74, 6) is 0.846. The van der Waals surface area contributed by atoms with Gasteiger partial charge in [-0.25, -0.2) is 9.59 Å². The zero-order valence-corrected chi connectivity index (χ0v) is 20.3. The molecule has 184 valence electrons. The van der Waals surface area contributed by atoms with Crippen molar-refractivity contribution in [2.24, 2.45) is 0 Å². The highest BCUT2D eigenvalue weighted by atomic mass is 16.5. The molecule has 0 aliphatic carbocycles. The summed E-state index contributed by atoms with van der Waals surface area (Å²) in [5, 5.41) is 0. The van der Waals surface area contributed by atoms with E-state index in [2.05, 4.69) is 13.8 Å². The lowest BCUT2D eigenvalue weighted by molar-refractivity contribution is -0.131. The number of hydrogen-bond donors (Lipinski definition) is 0. The maximum atomic E-state index is 12.0. The molecule has 2 aromatic rings. The molecule has 0 radical (unpaired) electrons. The fourth-order valence-electron chi connectivity index (χ4n) is 3.08. The zero-order chi connectivity index (χ0) is 24.4. The number of hydrogen-bond acceptors (Lipinski definition) is 6. The summed E-state index contributed by atoms with van der Waals surface area (Å²) in [6.45, 7) is 5.67. The van der Waals surface area contributed by atoms with E-state index in [-0.39, 0.29) is 0 Å². The molecule has 34 heavy (non-hydrogen) atoms. The van der Waals surface area contributed by atoms with E-state index in [0.29, 0.717) is 24.7 Å². The van der Waals surface area contributed by atoms with E-state index in [1.165, 1.54) is 25.7 Å². The van der Waals surface area contributed by atoms with Crippen LogP contribution in [0.25, 0.3) is 0 Å². The van der Waals surface area contributed by atoms with Crippen molar-refractivity contribution in [3.63, 3.8) is 0 Å². The van der Waals surface area contributed by atoms with Crippen LogP contribution >= 0.6 is 0 Å². The van der Waals surface area contributed by atoms with Gasteiger partial charge in [0.2, 0.25) is 0 Å². The Hall–Kier alpha value is -3.28. The molecule has 6 nitrogen and oxygen atoms in total. The summed E-state index contributed by atoms with van der Waals surface area (Å²) in [6, 6.07) is 13.6. The molecule has 0 atom stereocenters. The Balaban J connectivity index is 1.69. The van der Waals surface area contributed by atoms with Gasteiger partial charge in [0, 0.05) is 12.2 Å². The smallest absolute Gasteiger partial charge is 0.336 e. The lowest BCUT2D eigenvalue weighted by atomic mass is 10.2. The highest BCUT2D eigenvalue weighted by Crippen LogP contribution is 2.19. The minimum absolute atomic E-state index is 0.367. The molecule has 0 aromatic heterocycles. The Kier molecular flexibility index (Phi) is 13.0. The first-order chi connectivity index (χ1) is 16.6. The second kappa shape index (κ2) is 16.4. The van der Waals surface area contributed by atoms with Gasteiger partial charge in [0.05, 0.1) is 13.2 Å². The zero-order valence-electron chi connectivity index (χ0n) is 20.3. The second-order valence-corrected chi connectivity index (χ2v) is 7.94. The molecule has 6 heteroatoms. The van der Waals surface area contributed by atoms with Crippen molar-refractivity contribution in [2.45, 2.75) is 65.2 Å². The minimum Gasteiger partial charge on any atom is -0.494 e. The molecule has 0 spiro atoms. The molecule has 0 amide bonds. The van der Waals surface area contributed by atoms with Gasteiger partial charge < -0.3 is 18.9 Å². The van der Waals surface area contributed by atoms with Crippen LogP contribution in [-0.2, 0) is 9.59 Å². The van der Waals surface area contributed by atoms with Crippen molar-refractivity contribution in [2.75, 3.05) is 13.2 Å². The Morgan fingerprint density at radius 3 is 1.26 bits per heavy atom. The quantitative estimate of drug-likeness (QED) is 0.119. The molecule has 0 aliphatic heterocycles. The van der Waals surface area contributed by atoms with Gasteiger partial charge in [-0.05, 0) is 61.4 Å². The van der Waals surface area contributed by atoms with Gasteiger partial charge in [-0.2, -0.15) is 0 Å². The molecule has 0 N–H and O–H groups in total. The highest BCUT2D eigenvalue weighted by molar-refractivity contribution is 5.93. The fraction of sp³-hybridized carbons (Fsp3) is 0.429. The van der Waals surface area contributed by atoms with Crippen molar-refractivity contribution in [1.29, 1.82) is 0 Å².